The van der Waals surface area contributed by atoms with E-state index in [2.05, 4.69) is 53.7 Å². The van der Waals surface area contributed by atoms with Gasteiger partial charge in [0.15, 0.2) is 0 Å². The highest BCUT2D eigenvalue weighted by Crippen LogP contribution is 2.25. The van der Waals surface area contributed by atoms with E-state index in [-0.39, 0.29) is 0 Å². The van der Waals surface area contributed by atoms with Crippen molar-refractivity contribution in [3.63, 3.8) is 0 Å². The molecule has 21 heavy (non-hydrogen) atoms. The average molecular weight is 416 g/mol. The highest BCUT2D eigenvalue weighted by molar-refractivity contribution is 14.1. The first-order chi connectivity index (χ1) is 10.0. The molecule has 1 heterocycles. The van der Waals surface area contributed by atoms with Gasteiger partial charge in [0, 0.05) is 18.0 Å². The van der Waals surface area contributed by atoms with Gasteiger partial charge in [-0.2, -0.15) is 0 Å². The van der Waals surface area contributed by atoms with Crippen LogP contribution >= 0.6 is 34.2 Å². The third kappa shape index (κ3) is 4.30. The van der Waals surface area contributed by atoms with Gasteiger partial charge in [0.1, 0.15) is 11.6 Å². The number of nitrogens with zero attached hydrogens (tertiary/aromatic N) is 2. The fraction of sp³-hybridized carbons (Fsp3) is 0.375. The third-order valence-electron chi connectivity index (χ3n) is 3.09. The molecule has 112 valence electrons. The second kappa shape index (κ2) is 7.40. The number of aromatic nitrogens is 2. The molecule has 0 fully saturated rings. The van der Waals surface area contributed by atoms with Gasteiger partial charge in [0.25, 0.3) is 0 Å². The van der Waals surface area contributed by atoms with Crippen LogP contribution in [0.2, 0.25) is 5.02 Å². The number of hydrogen-bond acceptors (Lipinski definition) is 3. The van der Waals surface area contributed by atoms with Crippen LogP contribution < -0.4 is 5.32 Å². The Morgan fingerprint density at radius 1 is 1.19 bits per heavy atom. The Hall–Kier alpha value is -0.880. The average Bonchev–Trinajstić information content (AvgIpc) is 2.44. The summed E-state index contributed by atoms with van der Waals surface area (Å²) in [6, 6.07) is 7.84. The molecule has 0 atom stereocenters. The van der Waals surface area contributed by atoms with Crippen molar-refractivity contribution in [2.24, 2.45) is 0 Å². The van der Waals surface area contributed by atoms with Crippen LogP contribution in [0.5, 0.6) is 0 Å². The van der Waals surface area contributed by atoms with Crippen molar-refractivity contribution in [1.29, 1.82) is 0 Å². The SMILES string of the molecule is CCNc1nc(Cc2ccc(Cl)cc2)nc(C(C)C)c1I. The molecule has 2 aromatic rings. The normalized spacial score (nSPS) is 11.0. The predicted molar refractivity (Wildman–Crippen MR) is 97.3 cm³/mol. The van der Waals surface area contributed by atoms with E-state index in [0.29, 0.717) is 12.3 Å². The molecule has 0 amide bonds. The lowest BCUT2D eigenvalue weighted by molar-refractivity contribution is 0.783. The van der Waals surface area contributed by atoms with Crippen LogP contribution in [-0.4, -0.2) is 16.5 Å². The lowest BCUT2D eigenvalue weighted by atomic mass is 10.1. The largest absolute Gasteiger partial charge is 0.369 e. The zero-order valence-corrected chi connectivity index (χ0v) is 15.4. The Morgan fingerprint density at radius 3 is 2.43 bits per heavy atom. The first-order valence-corrected chi connectivity index (χ1v) is 8.51. The summed E-state index contributed by atoms with van der Waals surface area (Å²) in [6.45, 7) is 7.25. The summed E-state index contributed by atoms with van der Waals surface area (Å²) < 4.78 is 1.12. The summed E-state index contributed by atoms with van der Waals surface area (Å²) >= 11 is 8.25. The maximum absolute atomic E-state index is 5.93. The minimum absolute atomic E-state index is 0.376. The Bertz CT molecular complexity index is 612. The highest BCUT2D eigenvalue weighted by Gasteiger charge is 2.14. The van der Waals surface area contributed by atoms with Crippen molar-refractivity contribution in [1.82, 2.24) is 9.97 Å². The van der Waals surface area contributed by atoms with Gasteiger partial charge in [-0.05, 0) is 53.1 Å². The summed E-state index contributed by atoms with van der Waals surface area (Å²) in [5, 5.41) is 4.08. The van der Waals surface area contributed by atoms with E-state index < -0.39 is 0 Å². The summed E-state index contributed by atoms with van der Waals surface area (Å²) in [4.78, 5) is 9.40. The molecule has 0 aliphatic carbocycles. The first-order valence-electron chi connectivity index (χ1n) is 7.05. The molecule has 0 saturated heterocycles. The van der Waals surface area contributed by atoms with Gasteiger partial charge >= 0.3 is 0 Å². The van der Waals surface area contributed by atoms with E-state index in [1.165, 1.54) is 0 Å². The van der Waals surface area contributed by atoms with Gasteiger partial charge in [-0.15, -0.1) is 0 Å². The quantitative estimate of drug-likeness (QED) is 0.707. The van der Waals surface area contributed by atoms with Gasteiger partial charge in [-0.1, -0.05) is 37.6 Å². The molecule has 3 nitrogen and oxygen atoms in total. The van der Waals surface area contributed by atoms with E-state index in [4.69, 9.17) is 16.6 Å². The molecular weight excluding hydrogens is 397 g/mol. The van der Waals surface area contributed by atoms with Crippen molar-refractivity contribution in [2.45, 2.75) is 33.1 Å². The maximum Gasteiger partial charge on any atom is 0.143 e. The van der Waals surface area contributed by atoms with Crippen LogP contribution in [0.15, 0.2) is 24.3 Å². The molecule has 0 aliphatic rings. The smallest absolute Gasteiger partial charge is 0.143 e. The van der Waals surface area contributed by atoms with E-state index in [1.54, 1.807) is 0 Å². The maximum atomic E-state index is 5.93. The number of halogens is 2. The molecule has 0 bridgehead atoms. The molecule has 0 unspecified atom stereocenters. The Morgan fingerprint density at radius 2 is 1.86 bits per heavy atom. The van der Waals surface area contributed by atoms with Crippen LogP contribution in [0, 0.1) is 3.57 Å². The lowest BCUT2D eigenvalue weighted by Gasteiger charge is -2.14. The van der Waals surface area contributed by atoms with Crippen LogP contribution in [0.1, 0.15) is 43.8 Å². The van der Waals surface area contributed by atoms with Gasteiger partial charge in [-0.3, -0.25) is 0 Å². The monoisotopic (exact) mass is 415 g/mol. The molecule has 1 aromatic carbocycles. The van der Waals surface area contributed by atoms with Gasteiger partial charge < -0.3 is 5.32 Å². The topological polar surface area (TPSA) is 37.8 Å². The van der Waals surface area contributed by atoms with Crippen LogP contribution in [-0.2, 0) is 6.42 Å². The molecular formula is C16H19ClIN3. The molecule has 0 radical (unpaired) electrons. The predicted octanol–water partition coefficient (Wildman–Crippen LogP) is 4.88. The van der Waals surface area contributed by atoms with E-state index in [0.717, 1.165) is 38.0 Å². The molecule has 0 spiro atoms. The number of anilines is 1. The molecule has 2 rings (SSSR count). The minimum atomic E-state index is 0.376. The van der Waals surface area contributed by atoms with Gasteiger partial charge in [0.05, 0.1) is 9.26 Å². The second-order valence-electron chi connectivity index (χ2n) is 5.18. The zero-order valence-electron chi connectivity index (χ0n) is 12.5. The molecule has 1 N–H and O–H groups in total. The van der Waals surface area contributed by atoms with Crippen molar-refractivity contribution in [3.8, 4) is 0 Å². The Balaban J connectivity index is 2.36. The van der Waals surface area contributed by atoms with Gasteiger partial charge in [-0.25, -0.2) is 9.97 Å². The van der Waals surface area contributed by atoms with E-state index >= 15 is 0 Å². The minimum Gasteiger partial charge on any atom is -0.369 e. The zero-order chi connectivity index (χ0) is 15.4. The Kier molecular flexibility index (Phi) is 5.81. The number of rotatable bonds is 5. The molecule has 0 saturated carbocycles. The number of benzene rings is 1. The third-order valence-corrected chi connectivity index (χ3v) is 4.41. The van der Waals surface area contributed by atoms with E-state index in [9.17, 15) is 0 Å². The Labute approximate surface area is 144 Å². The van der Waals surface area contributed by atoms with Crippen LogP contribution in [0.25, 0.3) is 0 Å². The summed E-state index contributed by atoms with van der Waals surface area (Å²) in [6.07, 6.45) is 0.714. The van der Waals surface area contributed by atoms with Crippen molar-refractivity contribution in [2.75, 3.05) is 11.9 Å². The number of hydrogen-bond donors (Lipinski definition) is 1. The fourth-order valence-electron chi connectivity index (χ4n) is 2.04. The second-order valence-corrected chi connectivity index (χ2v) is 6.69. The summed E-state index contributed by atoms with van der Waals surface area (Å²) in [5.41, 5.74) is 2.27. The number of nitrogens with one attached hydrogen (secondary N) is 1. The van der Waals surface area contributed by atoms with Crippen molar-refractivity contribution >= 4 is 40.0 Å². The highest BCUT2D eigenvalue weighted by atomic mass is 127. The van der Waals surface area contributed by atoms with E-state index in [1.807, 2.05) is 24.3 Å². The molecule has 0 aliphatic heterocycles. The summed E-state index contributed by atoms with van der Waals surface area (Å²) in [5.74, 6) is 2.15. The van der Waals surface area contributed by atoms with Crippen LogP contribution in [0.3, 0.4) is 0 Å². The van der Waals surface area contributed by atoms with Crippen molar-refractivity contribution in [3.05, 3.63) is 49.9 Å². The standard InChI is InChI=1S/C16H19ClIN3/c1-4-19-16-14(18)15(10(2)3)20-13(21-16)9-11-5-7-12(17)8-6-11/h5-8,10H,4,9H2,1-3H3,(H,19,20,21). The van der Waals surface area contributed by atoms with Crippen molar-refractivity contribution < 1.29 is 0 Å². The summed E-state index contributed by atoms with van der Waals surface area (Å²) in [7, 11) is 0. The fourth-order valence-corrected chi connectivity index (χ4v) is 3.22. The molecule has 5 heteroatoms. The molecule has 1 aromatic heterocycles. The lowest BCUT2D eigenvalue weighted by Crippen LogP contribution is -2.11. The van der Waals surface area contributed by atoms with Gasteiger partial charge in [0.2, 0.25) is 0 Å². The first kappa shape index (κ1) is 16.5. The van der Waals surface area contributed by atoms with Crippen LogP contribution in [0.4, 0.5) is 5.82 Å².